The average Bonchev–Trinajstić information content (AvgIpc) is 2.76. The molecule has 2 aromatic carbocycles. The Morgan fingerprint density at radius 2 is 1.65 bits per heavy atom. The number of nitrogens with zero attached hydrogens (tertiary/aromatic N) is 3. The summed E-state index contributed by atoms with van der Waals surface area (Å²) in [5.74, 6) is -0.426. The van der Waals surface area contributed by atoms with Crippen molar-refractivity contribution < 1.29 is 14.0 Å². The summed E-state index contributed by atoms with van der Waals surface area (Å²) >= 11 is 0. The molecule has 7 heteroatoms. The molecule has 2 amide bonds. The molecule has 31 heavy (non-hydrogen) atoms. The van der Waals surface area contributed by atoms with E-state index in [0.29, 0.717) is 37.0 Å². The van der Waals surface area contributed by atoms with Crippen molar-refractivity contribution in [2.24, 2.45) is 0 Å². The van der Waals surface area contributed by atoms with Gasteiger partial charge in [-0.3, -0.25) is 9.59 Å². The molecule has 0 spiro atoms. The van der Waals surface area contributed by atoms with Crippen LogP contribution in [0, 0.1) is 19.7 Å². The van der Waals surface area contributed by atoms with E-state index in [1.807, 2.05) is 24.8 Å². The lowest BCUT2D eigenvalue weighted by Gasteiger charge is -2.32. The summed E-state index contributed by atoms with van der Waals surface area (Å²) in [4.78, 5) is 36.1. The first-order valence-electron chi connectivity index (χ1n) is 10.5. The van der Waals surface area contributed by atoms with Crippen molar-refractivity contribution in [1.82, 2.24) is 20.2 Å². The Balaban J connectivity index is 1.32. The van der Waals surface area contributed by atoms with Crippen LogP contribution in [0.25, 0.3) is 11.0 Å². The number of fused-ring (bicyclic) bond motifs is 1. The van der Waals surface area contributed by atoms with Crippen LogP contribution in [0.1, 0.15) is 40.2 Å². The number of hydrogen-bond acceptors (Lipinski definition) is 4. The lowest BCUT2D eigenvalue weighted by Crippen LogP contribution is -2.47. The SMILES string of the molecule is Cc1nc2ccc(C(=O)NC3CCN(C(=O)Cc4ccc(F)cc4)CC3)cc2nc1C. The molecule has 1 N–H and O–H groups in total. The predicted octanol–water partition coefficient (Wildman–Crippen LogP) is 3.35. The molecular formula is C24H25FN4O2. The number of hydrogen-bond donors (Lipinski definition) is 1. The predicted molar refractivity (Wildman–Crippen MR) is 116 cm³/mol. The highest BCUT2D eigenvalue weighted by Gasteiger charge is 2.24. The fourth-order valence-corrected chi connectivity index (χ4v) is 3.80. The van der Waals surface area contributed by atoms with Crippen molar-refractivity contribution in [3.63, 3.8) is 0 Å². The van der Waals surface area contributed by atoms with Gasteiger partial charge in [0.25, 0.3) is 5.91 Å². The van der Waals surface area contributed by atoms with Gasteiger partial charge in [0.1, 0.15) is 5.82 Å². The second kappa shape index (κ2) is 8.79. The first-order valence-corrected chi connectivity index (χ1v) is 10.5. The maximum atomic E-state index is 13.0. The first kappa shape index (κ1) is 20.9. The molecule has 0 saturated carbocycles. The molecule has 160 valence electrons. The van der Waals surface area contributed by atoms with E-state index in [1.54, 1.807) is 24.3 Å². The highest BCUT2D eigenvalue weighted by molar-refractivity contribution is 5.97. The lowest BCUT2D eigenvalue weighted by molar-refractivity contribution is -0.131. The molecule has 1 saturated heterocycles. The first-order chi connectivity index (χ1) is 14.9. The molecule has 2 heterocycles. The van der Waals surface area contributed by atoms with Crippen LogP contribution in [-0.2, 0) is 11.2 Å². The molecule has 4 rings (SSSR count). The summed E-state index contributed by atoms with van der Waals surface area (Å²) in [6, 6.07) is 11.4. The quantitative estimate of drug-likeness (QED) is 0.702. The third-order valence-corrected chi connectivity index (χ3v) is 5.79. The molecule has 3 aromatic rings. The zero-order valence-electron chi connectivity index (χ0n) is 17.7. The smallest absolute Gasteiger partial charge is 0.251 e. The van der Waals surface area contributed by atoms with Gasteiger partial charge in [0, 0.05) is 24.7 Å². The van der Waals surface area contributed by atoms with Gasteiger partial charge in [0.15, 0.2) is 0 Å². The Morgan fingerprint density at radius 3 is 2.32 bits per heavy atom. The van der Waals surface area contributed by atoms with Crippen molar-refractivity contribution in [2.45, 2.75) is 39.2 Å². The van der Waals surface area contributed by atoms with Crippen LogP contribution in [-0.4, -0.2) is 45.8 Å². The third-order valence-electron chi connectivity index (χ3n) is 5.79. The number of amides is 2. The summed E-state index contributed by atoms with van der Waals surface area (Å²) in [5.41, 5.74) is 4.56. The van der Waals surface area contributed by atoms with Crippen molar-refractivity contribution in [1.29, 1.82) is 0 Å². The molecule has 0 atom stereocenters. The van der Waals surface area contributed by atoms with E-state index in [4.69, 9.17) is 0 Å². The van der Waals surface area contributed by atoms with E-state index >= 15 is 0 Å². The molecule has 0 radical (unpaired) electrons. The lowest BCUT2D eigenvalue weighted by atomic mass is 10.0. The zero-order chi connectivity index (χ0) is 22.0. The Kier molecular flexibility index (Phi) is 5.93. The Labute approximate surface area is 180 Å². The van der Waals surface area contributed by atoms with Gasteiger partial charge in [-0.1, -0.05) is 12.1 Å². The number of aryl methyl sites for hydroxylation is 2. The molecule has 1 fully saturated rings. The van der Waals surface area contributed by atoms with E-state index in [0.717, 1.165) is 22.5 Å². The van der Waals surface area contributed by atoms with Gasteiger partial charge >= 0.3 is 0 Å². The van der Waals surface area contributed by atoms with Gasteiger partial charge in [0.05, 0.1) is 28.8 Å². The van der Waals surface area contributed by atoms with Crippen molar-refractivity contribution in [3.05, 3.63) is 70.8 Å². The molecule has 1 aromatic heterocycles. The van der Waals surface area contributed by atoms with E-state index < -0.39 is 0 Å². The second-order valence-electron chi connectivity index (χ2n) is 8.03. The average molecular weight is 420 g/mol. The van der Waals surface area contributed by atoms with E-state index in [2.05, 4.69) is 15.3 Å². The number of likely N-dealkylation sites (tertiary alicyclic amines) is 1. The van der Waals surface area contributed by atoms with Crippen molar-refractivity contribution in [3.8, 4) is 0 Å². The normalized spacial score (nSPS) is 14.6. The Hall–Kier alpha value is -3.35. The molecule has 0 aliphatic carbocycles. The van der Waals surface area contributed by atoms with Gasteiger partial charge < -0.3 is 10.2 Å². The van der Waals surface area contributed by atoms with Crippen molar-refractivity contribution in [2.75, 3.05) is 13.1 Å². The molecule has 0 bridgehead atoms. The standard InChI is InChI=1S/C24H25FN4O2/c1-15-16(2)27-22-14-18(5-8-21(22)26-15)24(31)28-20-9-11-29(12-10-20)23(30)13-17-3-6-19(25)7-4-17/h3-8,14,20H,9-13H2,1-2H3,(H,28,31). The molecule has 6 nitrogen and oxygen atoms in total. The van der Waals surface area contributed by atoms with Crippen LogP contribution in [0.2, 0.25) is 0 Å². The molecule has 1 aliphatic rings. The molecule has 0 unspecified atom stereocenters. The van der Waals surface area contributed by atoms with Crippen LogP contribution >= 0.6 is 0 Å². The minimum Gasteiger partial charge on any atom is -0.349 e. The van der Waals surface area contributed by atoms with Gasteiger partial charge in [-0.15, -0.1) is 0 Å². The fraction of sp³-hybridized carbons (Fsp3) is 0.333. The number of nitrogens with one attached hydrogen (secondary N) is 1. The summed E-state index contributed by atoms with van der Waals surface area (Å²) in [7, 11) is 0. The number of halogens is 1. The van der Waals surface area contributed by atoms with Crippen LogP contribution in [0.3, 0.4) is 0 Å². The van der Waals surface area contributed by atoms with Crippen LogP contribution < -0.4 is 5.32 Å². The number of rotatable bonds is 4. The van der Waals surface area contributed by atoms with E-state index in [1.165, 1.54) is 12.1 Å². The maximum absolute atomic E-state index is 13.0. The van der Waals surface area contributed by atoms with Gasteiger partial charge in [-0.2, -0.15) is 0 Å². The molecular weight excluding hydrogens is 395 g/mol. The zero-order valence-corrected chi connectivity index (χ0v) is 17.7. The van der Waals surface area contributed by atoms with Gasteiger partial charge in [-0.05, 0) is 62.6 Å². The number of carbonyl (C=O) groups is 2. The number of benzene rings is 2. The summed E-state index contributed by atoms with van der Waals surface area (Å²) < 4.78 is 13.0. The highest BCUT2D eigenvalue weighted by Crippen LogP contribution is 2.17. The minimum absolute atomic E-state index is 0.0175. The number of piperidine rings is 1. The summed E-state index contributed by atoms with van der Waals surface area (Å²) in [5, 5.41) is 3.07. The van der Waals surface area contributed by atoms with E-state index in [-0.39, 0.29) is 30.1 Å². The largest absolute Gasteiger partial charge is 0.349 e. The van der Waals surface area contributed by atoms with Crippen LogP contribution in [0.15, 0.2) is 42.5 Å². The highest BCUT2D eigenvalue weighted by atomic mass is 19.1. The fourth-order valence-electron chi connectivity index (χ4n) is 3.80. The number of aromatic nitrogens is 2. The second-order valence-corrected chi connectivity index (χ2v) is 8.03. The van der Waals surface area contributed by atoms with Crippen LogP contribution in [0.4, 0.5) is 4.39 Å². The number of carbonyl (C=O) groups excluding carboxylic acids is 2. The maximum Gasteiger partial charge on any atom is 0.251 e. The van der Waals surface area contributed by atoms with E-state index in [9.17, 15) is 14.0 Å². The van der Waals surface area contributed by atoms with Gasteiger partial charge in [0.2, 0.25) is 5.91 Å². The summed E-state index contributed by atoms with van der Waals surface area (Å²) in [6.07, 6.45) is 1.66. The summed E-state index contributed by atoms with van der Waals surface area (Å²) in [6.45, 7) is 5.00. The Bertz CT molecular complexity index is 1120. The topological polar surface area (TPSA) is 75.2 Å². The van der Waals surface area contributed by atoms with Crippen molar-refractivity contribution >= 4 is 22.8 Å². The Morgan fingerprint density at radius 1 is 1.00 bits per heavy atom. The minimum atomic E-state index is -0.309. The molecule has 1 aliphatic heterocycles. The van der Waals surface area contributed by atoms with Gasteiger partial charge in [-0.25, -0.2) is 14.4 Å². The monoisotopic (exact) mass is 420 g/mol. The third kappa shape index (κ3) is 4.87. The van der Waals surface area contributed by atoms with Crippen LogP contribution in [0.5, 0.6) is 0 Å².